The molecule has 3 atom stereocenters. The third-order valence-electron chi connectivity index (χ3n) is 6.39. The van der Waals surface area contributed by atoms with E-state index >= 15 is 0 Å². The van der Waals surface area contributed by atoms with E-state index < -0.39 is 0 Å². The molecule has 4 aliphatic rings. The summed E-state index contributed by atoms with van der Waals surface area (Å²) in [5.74, 6) is 2.33. The summed E-state index contributed by atoms with van der Waals surface area (Å²) in [7, 11) is 0. The van der Waals surface area contributed by atoms with E-state index in [1.807, 2.05) is 12.1 Å². The van der Waals surface area contributed by atoms with Crippen LogP contribution >= 0.6 is 0 Å². The van der Waals surface area contributed by atoms with E-state index in [-0.39, 0.29) is 0 Å². The first-order valence-corrected chi connectivity index (χ1v) is 9.27. The second-order valence-electron chi connectivity index (χ2n) is 7.54. The fraction of sp³-hybridized carbons (Fsp3) is 0.429. The smallest absolute Gasteiger partial charge is 0.128 e. The number of hydrogen-bond donors (Lipinski definition) is 0. The molecule has 4 aliphatic heterocycles. The first-order chi connectivity index (χ1) is 12.3. The average molecular weight is 330 g/mol. The predicted octanol–water partition coefficient (Wildman–Crippen LogP) is 3.02. The predicted molar refractivity (Wildman–Crippen MR) is 97.4 cm³/mol. The van der Waals surface area contributed by atoms with E-state index in [9.17, 15) is 0 Å². The van der Waals surface area contributed by atoms with Gasteiger partial charge in [0, 0.05) is 30.7 Å². The number of nitrogens with zero attached hydrogens (tertiary/aromatic N) is 4. The molecule has 2 aromatic rings. The highest BCUT2D eigenvalue weighted by Gasteiger charge is 2.53. The summed E-state index contributed by atoms with van der Waals surface area (Å²) in [4.78, 5) is 9.86. The van der Waals surface area contributed by atoms with Gasteiger partial charge in [-0.15, -0.1) is 0 Å². The van der Waals surface area contributed by atoms with Gasteiger partial charge < -0.3 is 4.90 Å². The molecule has 2 bridgehead atoms. The fourth-order valence-corrected chi connectivity index (χ4v) is 5.30. The molecule has 25 heavy (non-hydrogen) atoms. The summed E-state index contributed by atoms with van der Waals surface area (Å²) in [5.41, 5.74) is 2.08. The minimum atomic E-state index is 0.534. The first-order valence-electron chi connectivity index (χ1n) is 9.27. The lowest BCUT2D eigenvalue weighted by atomic mass is 9.75. The zero-order valence-corrected chi connectivity index (χ0v) is 14.3. The molecule has 6 rings (SSSR count). The number of piperidine rings is 3. The Morgan fingerprint density at radius 3 is 2.48 bits per heavy atom. The Bertz CT molecular complexity index is 787. The third kappa shape index (κ3) is 2.34. The summed E-state index contributed by atoms with van der Waals surface area (Å²) >= 11 is 0. The van der Waals surface area contributed by atoms with Gasteiger partial charge in [0.05, 0.1) is 5.56 Å². The lowest BCUT2D eigenvalue weighted by Crippen LogP contribution is -2.60. The van der Waals surface area contributed by atoms with Crippen LogP contribution in [0, 0.1) is 17.2 Å². The van der Waals surface area contributed by atoms with Gasteiger partial charge in [-0.3, -0.25) is 4.90 Å². The van der Waals surface area contributed by atoms with Crippen molar-refractivity contribution < 1.29 is 0 Å². The number of aromatic nitrogens is 1. The fourth-order valence-electron chi connectivity index (χ4n) is 5.30. The standard InChI is InChI=1S/C21H22N4/c22-12-15-6-7-19(23-13-15)25-14-18(16-4-2-1-3-5-16)21-20(25)17-8-10-24(21)11-9-17/h1-7,13,17-18,20-21H,8-11,14H2/t18-,20+,21+/m1/s1. The maximum Gasteiger partial charge on any atom is 0.128 e. The zero-order valence-electron chi connectivity index (χ0n) is 14.3. The molecule has 1 aromatic carbocycles. The van der Waals surface area contributed by atoms with Crippen molar-refractivity contribution in [3.8, 4) is 6.07 Å². The van der Waals surface area contributed by atoms with Crippen LogP contribution in [0.25, 0.3) is 0 Å². The highest BCUT2D eigenvalue weighted by atomic mass is 15.3. The monoisotopic (exact) mass is 330 g/mol. The van der Waals surface area contributed by atoms with Crippen LogP contribution in [0.1, 0.15) is 29.9 Å². The molecule has 4 heteroatoms. The van der Waals surface area contributed by atoms with Crippen molar-refractivity contribution in [2.45, 2.75) is 30.8 Å². The van der Waals surface area contributed by atoms with Crippen LogP contribution in [0.4, 0.5) is 5.82 Å². The SMILES string of the molecule is N#Cc1ccc(N2C[C@H](c3ccccc3)[C@H]3[C@@H]2C2CCN3CC2)nc1. The van der Waals surface area contributed by atoms with E-state index in [1.54, 1.807) is 6.20 Å². The Morgan fingerprint density at radius 1 is 1.00 bits per heavy atom. The molecule has 0 saturated carbocycles. The number of pyridine rings is 1. The maximum atomic E-state index is 9.05. The highest BCUT2D eigenvalue weighted by Crippen LogP contribution is 2.47. The van der Waals surface area contributed by atoms with Crippen LogP contribution in [0.3, 0.4) is 0 Å². The van der Waals surface area contributed by atoms with Crippen molar-refractivity contribution in [2.24, 2.45) is 5.92 Å². The second-order valence-corrected chi connectivity index (χ2v) is 7.54. The van der Waals surface area contributed by atoms with E-state index in [0.29, 0.717) is 23.6 Å². The number of hydrogen-bond acceptors (Lipinski definition) is 4. The van der Waals surface area contributed by atoms with Crippen molar-refractivity contribution in [3.05, 3.63) is 59.8 Å². The van der Waals surface area contributed by atoms with E-state index in [4.69, 9.17) is 5.26 Å². The van der Waals surface area contributed by atoms with Crippen LogP contribution in [-0.2, 0) is 0 Å². The molecule has 5 heterocycles. The molecule has 0 unspecified atom stereocenters. The highest BCUT2D eigenvalue weighted by molar-refractivity contribution is 5.48. The van der Waals surface area contributed by atoms with Gasteiger partial charge in [0.25, 0.3) is 0 Å². The summed E-state index contributed by atoms with van der Waals surface area (Å²) < 4.78 is 0. The number of anilines is 1. The molecule has 4 fully saturated rings. The van der Waals surface area contributed by atoms with Gasteiger partial charge in [0.2, 0.25) is 0 Å². The Morgan fingerprint density at radius 2 is 1.80 bits per heavy atom. The van der Waals surface area contributed by atoms with Crippen LogP contribution in [0.2, 0.25) is 0 Å². The Balaban J connectivity index is 1.54. The molecule has 0 aliphatic carbocycles. The normalized spacial score (nSPS) is 33.1. The van der Waals surface area contributed by atoms with Crippen molar-refractivity contribution >= 4 is 5.82 Å². The van der Waals surface area contributed by atoms with Crippen LogP contribution in [0.15, 0.2) is 48.7 Å². The zero-order chi connectivity index (χ0) is 16.8. The Kier molecular flexibility index (Phi) is 3.50. The molecule has 4 nitrogen and oxygen atoms in total. The first kappa shape index (κ1) is 14.9. The molecular weight excluding hydrogens is 308 g/mol. The molecule has 126 valence electrons. The van der Waals surface area contributed by atoms with Crippen molar-refractivity contribution in [1.29, 1.82) is 5.26 Å². The van der Waals surface area contributed by atoms with Crippen LogP contribution in [0.5, 0.6) is 0 Å². The van der Waals surface area contributed by atoms with Crippen LogP contribution < -0.4 is 4.90 Å². The van der Waals surface area contributed by atoms with Gasteiger partial charge in [-0.05, 0) is 49.5 Å². The number of rotatable bonds is 2. The number of nitriles is 1. The third-order valence-corrected chi connectivity index (χ3v) is 6.39. The van der Waals surface area contributed by atoms with Gasteiger partial charge in [-0.1, -0.05) is 30.3 Å². The minimum absolute atomic E-state index is 0.534. The topological polar surface area (TPSA) is 43.2 Å². The number of benzene rings is 1. The summed E-state index contributed by atoms with van der Waals surface area (Å²) in [6.07, 6.45) is 4.31. The van der Waals surface area contributed by atoms with Crippen molar-refractivity contribution in [1.82, 2.24) is 9.88 Å². The largest absolute Gasteiger partial charge is 0.351 e. The Hall–Kier alpha value is -2.38. The van der Waals surface area contributed by atoms with Crippen molar-refractivity contribution in [3.63, 3.8) is 0 Å². The van der Waals surface area contributed by atoms with Gasteiger partial charge in [-0.2, -0.15) is 5.26 Å². The van der Waals surface area contributed by atoms with Crippen molar-refractivity contribution in [2.75, 3.05) is 24.5 Å². The summed E-state index contributed by atoms with van der Waals surface area (Å²) in [6.45, 7) is 3.50. The lowest BCUT2D eigenvalue weighted by molar-refractivity contribution is 0.0354. The second kappa shape index (κ2) is 5.86. The molecular formula is C21H22N4. The molecule has 0 spiro atoms. The Labute approximate surface area is 148 Å². The summed E-state index contributed by atoms with van der Waals surface area (Å²) in [6, 6.07) is 18.2. The number of fused-ring (bicyclic) bond motifs is 2. The van der Waals surface area contributed by atoms with Gasteiger partial charge in [0.15, 0.2) is 0 Å². The van der Waals surface area contributed by atoms with E-state index in [1.165, 1.54) is 31.5 Å². The molecule has 4 saturated heterocycles. The van der Waals surface area contributed by atoms with Gasteiger partial charge in [0.1, 0.15) is 11.9 Å². The average Bonchev–Trinajstić information content (AvgIpc) is 3.12. The van der Waals surface area contributed by atoms with Gasteiger partial charge >= 0.3 is 0 Å². The minimum Gasteiger partial charge on any atom is -0.351 e. The molecule has 0 amide bonds. The molecule has 1 aromatic heterocycles. The van der Waals surface area contributed by atoms with E-state index in [2.05, 4.69) is 51.2 Å². The van der Waals surface area contributed by atoms with E-state index in [0.717, 1.165) is 18.3 Å². The molecule has 0 N–H and O–H groups in total. The lowest BCUT2D eigenvalue weighted by Gasteiger charge is -2.51. The maximum absolute atomic E-state index is 9.05. The quantitative estimate of drug-likeness (QED) is 0.849. The van der Waals surface area contributed by atoms with Gasteiger partial charge in [-0.25, -0.2) is 4.98 Å². The molecule has 0 radical (unpaired) electrons. The van der Waals surface area contributed by atoms with Crippen LogP contribution in [-0.4, -0.2) is 41.6 Å². The summed E-state index contributed by atoms with van der Waals surface area (Å²) in [5, 5.41) is 9.05.